The summed E-state index contributed by atoms with van der Waals surface area (Å²) in [6.07, 6.45) is 0. The molecule has 23 heavy (non-hydrogen) atoms. The molecular formula is C15H11F3IO3S-. The molecule has 0 bridgehead atoms. The van der Waals surface area contributed by atoms with E-state index in [4.69, 9.17) is 0 Å². The van der Waals surface area contributed by atoms with E-state index in [2.05, 4.69) is 0 Å². The summed E-state index contributed by atoms with van der Waals surface area (Å²) in [6.45, 7) is 0. The minimum atomic E-state index is -5.58. The van der Waals surface area contributed by atoms with Gasteiger partial charge in [-0.15, -0.1) is 0 Å². The van der Waals surface area contributed by atoms with Crippen molar-refractivity contribution >= 4 is 15.6 Å². The number of hydrogen-bond acceptors (Lipinski definition) is 3. The number of sulfone groups is 1. The summed E-state index contributed by atoms with van der Waals surface area (Å²) in [4.78, 5) is 12.4. The van der Waals surface area contributed by atoms with Gasteiger partial charge < -0.3 is 0 Å². The van der Waals surface area contributed by atoms with Gasteiger partial charge in [0, 0.05) is 0 Å². The number of benzene rings is 2. The van der Waals surface area contributed by atoms with E-state index >= 15 is 0 Å². The first-order chi connectivity index (χ1) is 10.7. The van der Waals surface area contributed by atoms with Crippen molar-refractivity contribution in [2.75, 3.05) is 0 Å². The molecule has 3 nitrogen and oxygen atoms in total. The van der Waals surface area contributed by atoms with Crippen LogP contribution < -0.4 is 21.2 Å². The fourth-order valence-corrected chi connectivity index (χ4v) is 7.16. The number of ketones is 1. The van der Waals surface area contributed by atoms with E-state index in [0.29, 0.717) is 3.57 Å². The molecule has 0 aromatic heterocycles. The Morgan fingerprint density at radius 1 is 0.913 bits per heavy atom. The van der Waals surface area contributed by atoms with Crippen LogP contribution in [0, 0.1) is 3.57 Å². The molecule has 0 aliphatic carbocycles. The molecule has 124 valence electrons. The van der Waals surface area contributed by atoms with Crippen molar-refractivity contribution in [2.24, 2.45) is 0 Å². The molecule has 2 rings (SSSR count). The summed E-state index contributed by atoms with van der Waals surface area (Å²) in [5, 5.41) is 0. The van der Waals surface area contributed by atoms with E-state index in [-0.39, 0.29) is 5.56 Å². The second kappa shape index (κ2) is 7.00. The molecule has 0 aliphatic rings. The molecule has 0 amide bonds. The van der Waals surface area contributed by atoms with Crippen LogP contribution in [-0.4, -0.2) is 23.0 Å². The van der Waals surface area contributed by atoms with Gasteiger partial charge in [-0.3, -0.25) is 0 Å². The van der Waals surface area contributed by atoms with Gasteiger partial charge in [0.25, 0.3) is 0 Å². The van der Waals surface area contributed by atoms with Crippen LogP contribution in [0.25, 0.3) is 0 Å². The van der Waals surface area contributed by atoms with Gasteiger partial charge in [-0.25, -0.2) is 0 Å². The molecule has 0 saturated heterocycles. The first kappa shape index (κ1) is 17.9. The predicted octanol–water partition coefficient (Wildman–Crippen LogP) is 0.0888. The quantitative estimate of drug-likeness (QED) is 0.365. The van der Waals surface area contributed by atoms with Gasteiger partial charge >= 0.3 is 142 Å². The van der Waals surface area contributed by atoms with Gasteiger partial charge in [0.05, 0.1) is 0 Å². The molecular weight excluding hydrogens is 444 g/mol. The van der Waals surface area contributed by atoms with Crippen LogP contribution >= 0.6 is 0 Å². The van der Waals surface area contributed by atoms with Gasteiger partial charge in [-0.1, -0.05) is 0 Å². The standard InChI is InChI=1S/C15H11F3IO3S/c16-15(17,18)23(21,22)14(19-12-9-5-2-6-10-12)13(20)11-7-3-1-4-8-11/h1-10,14H/q-1. The number of Topliss-reactive ketones (excluding diaryl/α,β-unsaturated/α-hetero) is 1. The Morgan fingerprint density at radius 2 is 1.39 bits per heavy atom. The summed E-state index contributed by atoms with van der Waals surface area (Å²) in [7, 11) is -5.58. The maximum atomic E-state index is 12.9. The Morgan fingerprint density at radius 3 is 1.87 bits per heavy atom. The topological polar surface area (TPSA) is 51.2 Å². The van der Waals surface area contributed by atoms with E-state index in [0.717, 1.165) is 0 Å². The van der Waals surface area contributed by atoms with Gasteiger partial charge in [0.2, 0.25) is 0 Å². The van der Waals surface area contributed by atoms with E-state index in [1.54, 1.807) is 24.3 Å². The molecule has 0 fully saturated rings. The van der Waals surface area contributed by atoms with E-state index < -0.39 is 45.6 Å². The minimum absolute atomic E-state index is 0.0408. The van der Waals surface area contributed by atoms with Crippen molar-refractivity contribution in [3.8, 4) is 0 Å². The van der Waals surface area contributed by atoms with Crippen molar-refractivity contribution in [1.29, 1.82) is 0 Å². The number of carbonyl (C=O) groups is 1. The maximum absolute atomic E-state index is 12.9. The zero-order chi connectivity index (χ0) is 17.1. The van der Waals surface area contributed by atoms with Crippen LogP contribution in [-0.2, 0) is 9.84 Å². The third-order valence-electron chi connectivity index (χ3n) is 2.82. The average Bonchev–Trinajstić information content (AvgIpc) is 2.52. The van der Waals surface area contributed by atoms with Crippen LogP contribution in [0.3, 0.4) is 0 Å². The van der Waals surface area contributed by atoms with E-state index in [1.807, 2.05) is 0 Å². The van der Waals surface area contributed by atoms with Crippen LogP contribution in [0.4, 0.5) is 13.2 Å². The number of alkyl halides is 4. The van der Waals surface area contributed by atoms with Crippen molar-refractivity contribution in [1.82, 2.24) is 0 Å². The van der Waals surface area contributed by atoms with Gasteiger partial charge in [-0.2, -0.15) is 0 Å². The predicted molar refractivity (Wildman–Crippen MR) is 74.7 cm³/mol. The Labute approximate surface area is 141 Å². The number of rotatable bonds is 5. The SMILES string of the molecule is O=C(c1ccccc1)C([I-]c1ccccc1)S(=O)(=O)C(F)(F)F. The molecule has 0 radical (unpaired) electrons. The first-order valence-corrected chi connectivity index (χ1v) is 10.2. The Bertz CT molecular complexity index is 775. The van der Waals surface area contributed by atoms with Crippen molar-refractivity contribution in [3.05, 3.63) is 69.8 Å². The molecule has 0 N–H and O–H groups in total. The molecule has 2 aromatic rings. The van der Waals surface area contributed by atoms with Gasteiger partial charge in [0.15, 0.2) is 0 Å². The van der Waals surface area contributed by atoms with Crippen LogP contribution in [0.2, 0.25) is 0 Å². The van der Waals surface area contributed by atoms with E-state index in [9.17, 15) is 26.4 Å². The number of carbonyl (C=O) groups excluding carboxylic acids is 1. The molecule has 1 unspecified atom stereocenters. The molecule has 8 heteroatoms. The van der Waals surface area contributed by atoms with Crippen LogP contribution in [0.15, 0.2) is 60.7 Å². The van der Waals surface area contributed by atoms with E-state index in [1.165, 1.54) is 36.4 Å². The summed E-state index contributed by atoms with van der Waals surface area (Å²) < 4.78 is 60.9. The number of hydrogen-bond donors (Lipinski definition) is 0. The molecule has 0 saturated carbocycles. The molecule has 1 atom stereocenters. The summed E-state index contributed by atoms with van der Waals surface area (Å²) in [5.74, 6) is -1.01. The Balaban J connectivity index is 2.46. The monoisotopic (exact) mass is 455 g/mol. The second-order valence-electron chi connectivity index (χ2n) is 4.44. The Hall–Kier alpha value is -1.42. The molecule has 0 aliphatic heterocycles. The number of halogens is 4. The molecule has 0 spiro atoms. The third kappa shape index (κ3) is 4.11. The first-order valence-electron chi connectivity index (χ1n) is 6.31. The second-order valence-corrected chi connectivity index (χ2v) is 10.4. The van der Waals surface area contributed by atoms with Gasteiger partial charge in [0.1, 0.15) is 0 Å². The normalized spacial score (nSPS) is 13.7. The van der Waals surface area contributed by atoms with Crippen LogP contribution in [0.5, 0.6) is 0 Å². The Kier molecular flexibility index (Phi) is 5.45. The fourth-order valence-electron chi connectivity index (χ4n) is 1.70. The zero-order valence-corrected chi connectivity index (χ0v) is 14.5. The van der Waals surface area contributed by atoms with Crippen LogP contribution in [0.1, 0.15) is 10.4 Å². The summed E-state index contributed by atoms with van der Waals surface area (Å²) >= 11 is -1.72. The van der Waals surface area contributed by atoms with Crippen molar-refractivity contribution in [2.45, 2.75) is 8.76 Å². The van der Waals surface area contributed by atoms with Gasteiger partial charge in [-0.05, 0) is 0 Å². The van der Waals surface area contributed by atoms with Crippen molar-refractivity contribution < 1.29 is 47.6 Å². The summed E-state index contributed by atoms with van der Waals surface area (Å²) in [6, 6.07) is 15.1. The third-order valence-corrected chi connectivity index (χ3v) is 9.40. The molecule has 0 heterocycles. The molecule has 2 aromatic carbocycles. The average molecular weight is 455 g/mol. The van der Waals surface area contributed by atoms with Crippen molar-refractivity contribution in [3.63, 3.8) is 0 Å². The fraction of sp³-hybridized carbons (Fsp3) is 0.133. The zero-order valence-electron chi connectivity index (χ0n) is 11.5. The summed E-state index contributed by atoms with van der Waals surface area (Å²) in [5.41, 5.74) is -5.50.